The largest absolute Gasteiger partial charge is 0.348 e. The average molecular weight is 426 g/mol. The lowest BCUT2D eigenvalue weighted by Gasteiger charge is -2.15. The lowest BCUT2D eigenvalue weighted by Crippen LogP contribution is -2.38. The molecule has 0 heterocycles. The monoisotopic (exact) mass is 425 g/mol. The minimum atomic E-state index is -3.82. The zero-order valence-corrected chi connectivity index (χ0v) is 17.3. The van der Waals surface area contributed by atoms with Crippen molar-refractivity contribution in [1.82, 2.24) is 10.6 Å². The van der Waals surface area contributed by atoms with E-state index in [2.05, 4.69) is 10.6 Å². The van der Waals surface area contributed by atoms with Gasteiger partial charge in [-0.25, -0.2) is 13.6 Å². The number of nitrogens with one attached hydrogen (secondary N) is 2. The van der Waals surface area contributed by atoms with Crippen LogP contribution in [0.25, 0.3) is 10.8 Å². The standard InChI is InChI=1S/C22H23N3O4S/c1-15(17-8-5-10-19(12-17)30(23,28)29)25-22(27)14-24-21(26)13-18-9-4-7-16-6-2-3-11-20(16)18/h2-12,15H,13-14H2,1H3,(H,24,26)(H,25,27)(H2,23,28,29)/t15-/m1/s1. The third-order valence-corrected chi connectivity index (χ3v) is 5.65. The summed E-state index contributed by atoms with van der Waals surface area (Å²) in [7, 11) is -3.82. The molecule has 0 saturated carbocycles. The second-order valence-electron chi connectivity index (χ2n) is 7.00. The Kier molecular flexibility index (Phi) is 6.49. The maximum absolute atomic E-state index is 12.3. The van der Waals surface area contributed by atoms with Gasteiger partial charge in [0.25, 0.3) is 0 Å². The Morgan fingerprint density at radius 1 is 0.967 bits per heavy atom. The average Bonchev–Trinajstić information content (AvgIpc) is 2.72. The molecule has 30 heavy (non-hydrogen) atoms. The van der Waals surface area contributed by atoms with Crippen molar-refractivity contribution in [2.75, 3.05) is 6.54 Å². The first kappa shape index (κ1) is 21.5. The molecule has 0 aliphatic rings. The van der Waals surface area contributed by atoms with Crippen molar-refractivity contribution in [3.63, 3.8) is 0 Å². The first-order chi connectivity index (χ1) is 14.2. The normalized spacial score (nSPS) is 12.3. The molecule has 2 amide bonds. The van der Waals surface area contributed by atoms with E-state index in [0.29, 0.717) is 5.56 Å². The lowest BCUT2D eigenvalue weighted by molar-refractivity contribution is -0.126. The molecule has 1 atom stereocenters. The van der Waals surface area contributed by atoms with Crippen LogP contribution in [0, 0.1) is 0 Å². The van der Waals surface area contributed by atoms with Gasteiger partial charge in [0.1, 0.15) is 0 Å². The number of amides is 2. The number of primary sulfonamides is 1. The summed E-state index contributed by atoms with van der Waals surface area (Å²) in [5.41, 5.74) is 1.48. The van der Waals surface area contributed by atoms with Gasteiger partial charge in [-0.3, -0.25) is 9.59 Å². The van der Waals surface area contributed by atoms with E-state index in [-0.39, 0.29) is 29.7 Å². The number of benzene rings is 3. The molecule has 0 aromatic heterocycles. The number of carbonyl (C=O) groups excluding carboxylic acids is 2. The van der Waals surface area contributed by atoms with Crippen molar-refractivity contribution in [2.45, 2.75) is 24.3 Å². The highest BCUT2D eigenvalue weighted by atomic mass is 32.2. The maximum Gasteiger partial charge on any atom is 0.239 e. The molecule has 156 valence electrons. The van der Waals surface area contributed by atoms with E-state index in [1.165, 1.54) is 12.1 Å². The Hall–Kier alpha value is -3.23. The lowest BCUT2D eigenvalue weighted by atomic mass is 10.0. The zero-order chi connectivity index (χ0) is 21.7. The highest BCUT2D eigenvalue weighted by molar-refractivity contribution is 7.89. The maximum atomic E-state index is 12.3. The van der Waals surface area contributed by atoms with Crippen LogP contribution < -0.4 is 15.8 Å². The highest BCUT2D eigenvalue weighted by Crippen LogP contribution is 2.19. The van der Waals surface area contributed by atoms with Gasteiger partial charge in [-0.2, -0.15) is 0 Å². The number of fused-ring (bicyclic) bond motifs is 1. The Morgan fingerprint density at radius 3 is 2.43 bits per heavy atom. The van der Waals surface area contributed by atoms with Gasteiger partial charge in [0, 0.05) is 0 Å². The topological polar surface area (TPSA) is 118 Å². The van der Waals surface area contributed by atoms with Crippen LogP contribution in [0.4, 0.5) is 0 Å². The quantitative estimate of drug-likeness (QED) is 0.537. The van der Waals surface area contributed by atoms with E-state index in [0.717, 1.165) is 16.3 Å². The molecule has 0 bridgehead atoms. The van der Waals surface area contributed by atoms with Gasteiger partial charge < -0.3 is 10.6 Å². The zero-order valence-electron chi connectivity index (χ0n) is 16.5. The van der Waals surface area contributed by atoms with Crippen LogP contribution in [0.5, 0.6) is 0 Å². The molecule has 0 radical (unpaired) electrons. The SMILES string of the molecule is C[C@@H](NC(=O)CNC(=O)Cc1cccc2ccccc12)c1cccc(S(N)(=O)=O)c1. The predicted octanol–water partition coefficient (Wildman–Crippen LogP) is 2.02. The Bertz CT molecular complexity index is 1190. The Balaban J connectivity index is 1.56. The van der Waals surface area contributed by atoms with Crippen molar-refractivity contribution < 1.29 is 18.0 Å². The molecular weight excluding hydrogens is 402 g/mol. The van der Waals surface area contributed by atoms with Crippen LogP contribution in [-0.2, 0) is 26.0 Å². The summed E-state index contributed by atoms with van der Waals surface area (Å²) in [4.78, 5) is 24.5. The van der Waals surface area contributed by atoms with E-state index in [9.17, 15) is 18.0 Å². The fourth-order valence-corrected chi connectivity index (χ4v) is 3.77. The molecule has 7 nitrogen and oxygen atoms in total. The van der Waals surface area contributed by atoms with E-state index >= 15 is 0 Å². The molecule has 3 rings (SSSR count). The van der Waals surface area contributed by atoms with Crippen molar-refractivity contribution in [3.05, 3.63) is 77.9 Å². The third-order valence-electron chi connectivity index (χ3n) is 4.74. The first-order valence-electron chi connectivity index (χ1n) is 9.39. The summed E-state index contributed by atoms with van der Waals surface area (Å²) < 4.78 is 23.0. The summed E-state index contributed by atoms with van der Waals surface area (Å²) in [5, 5.41) is 12.6. The number of hydrogen-bond acceptors (Lipinski definition) is 4. The van der Waals surface area contributed by atoms with Crippen molar-refractivity contribution in [1.29, 1.82) is 0 Å². The van der Waals surface area contributed by atoms with Gasteiger partial charge in [0.2, 0.25) is 21.8 Å². The summed E-state index contributed by atoms with van der Waals surface area (Å²) in [6, 6.07) is 19.2. The smallest absolute Gasteiger partial charge is 0.239 e. The molecular formula is C22H23N3O4S. The highest BCUT2D eigenvalue weighted by Gasteiger charge is 2.14. The van der Waals surface area contributed by atoms with E-state index < -0.39 is 16.1 Å². The fourth-order valence-electron chi connectivity index (χ4n) is 3.20. The molecule has 0 fully saturated rings. The van der Waals surface area contributed by atoms with Crippen LogP contribution in [0.15, 0.2) is 71.6 Å². The third kappa shape index (κ3) is 5.43. The molecule has 0 aliphatic heterocycles. The summed E-state index contributed by atoms with van der Waals surface area (Å²) >= 11 is 0. The number of sulfonamides is 1. The van der Waals surface area contributed by atoms with E-state index in [4.69, 9.17) is 5.14 Å². The number of rotatable bonds is 7. The summed E-state index contributed by atoms with van der Waals surface area (Å²) in [5.74, 6) is -0.639. The van der Waals surface area contributed by atoms with Crippen LogP contribution in [0.2, 0.25) is 0 Å². The predicted molar refractivity (Wildman–Crippen MR) is 115 cm³/mol. The summed E-state index contributed by atoms with van der Waals surface area (Å²) in [6.07, 6.45) is 0.167. The van der Waals surface area contributed by atoms with Gasteiger partial charge in [-0.15, -0.1) is 0 Å². The van der Waals surface area contributed by atoms with Gasteiger partial charge in [-0.1, -0.05) is 54.6 Å². The number of hydrogen-bond donors (Lipinski definition) is 3. The fraction of sp³-hybridized carbons (Fsp3) is 0.182. The molecule has 0 aliphatic carbocycles. The minimum absolute atomic E-state index is 0.0236. The van der Waals surface area contributed by atoms with Crippen molar-refractivity contribution in [3.8, 4) is 0 Å². The van der Waals surface area contributed by atoms with Crippen LogP contribution >= 0.6 is 0 Å². The molecule has 4 N–H and O–H groups in total. The second kappa shape index (κ2) is 9.06. The van der Waals surface area contributed by atoms with Crippen LogP contribution in [-0.4, -0.2) is 26.8 Å². The van der Waals surface area contributed by atoms with Crippen molar-refractivity contribution >= 4 is 32.6 Å². The van der Waals surface area contributed by atoms with Gasteiger partial charge in [0.15, 0.2) is 0 Å². The molecule has 3 aromatic rings. The molecule has 0 unspecified atom stereocenters. The van der Waals surface area contributed by atoms with Crippen LogP contribution in [0.3, 0.4) is 0 Å². The number of nitrogens with two attached hydrogens (primary N) is 1. The van der Waals surface area contributed by atoms with Gasteiger partial charge >= 0.3 is 0 Å². The van der Waals surface area contributed by atoms with Gasteiger partial charge in [-0.05, 0) is 41.0 Å². The first-order valence-corrected chi connectivity index (χ1v) is 10.9. The van der Waals surface area contributed by atoms with E-state index in [1.54, 1.807) is 19.1 Å². The molecule has 8 heteroatoms. The minimum Gasteiger partial charge on any atom is -0.348 e. The van der Waals surface area contributed by atoms with Crippen molar-refractivity contribution in [2.24, 2.45) is 5.14 Å². The van der Waals surface area contributed by atoms with E-state index in [1.807, 2.05) is 42.5 Å². The molecule has 3 aromatic carbocycles. The van der Waals surface area contributed by atoms with Gasteiger partial charge in [0.05, 0.1) is 23.9 Å². The molecule has 0 spiro atoms. The second-order valence-corrected chi connectivity index (χ2v) is 8.56. The summed E-state index contributed by atoms with van der Waals surface area (Å²) in [6.45, 7) is 1.54. The number of carbonyl (C=O) groups is 2. The Labute approximate surface area is 175 Å². The molecule has 0 saturated heterocycles. The van der Waals surface area contributed by atoms with Crippen LogP contribution in [0.1, 0.15) is 24.1 Å². The Morgan fingerprint density at radius 2 is 1.67 bits per heavy atom.